The average Bonchev–Trinajstić information content (AvgIpc) is 2.86. The molecule has 2 rings (SSSR count). The van der Waals surface area contributed by atoms with Crippen molar-refractivity contribution in [3.8, 4) is 10.6 Å². The van der Waals surface area contributed by atoms with Crippen molar-refractivity contribution >= 4 is 39.1 Å². The van der Waals surface area contributed by atoms with Gasteiger partial charge in [0.2, 0.25) is 5.91 Å². The molecule has 1 aromatic carbocycles. The molecule has 0 spiro atoms. The van der Waals surface area contributed by atoms with Gasteiger partial charge in [-0.2, -0.15) is 0 Å². The molecule has 1 amide bonds. The maximum Gasteiger partial charge on any atom is 0.305 e. The summed E-state index contributed by atoms with van der Waals surface area (Å²) in [5.74, 6) is -1.15. The number of nitrogens with one attached hydrogen (secondary N) is 1. The van der Waals surface area contributed by atoms with Crippen LogP contribution in [0, 0.1) is 0 Å². The number of carbonyl (C=O) groups excluding carboxylic acids is 1. The molecule has 0 saturated carbocycles. The average molecular weight is 369 g/mol. The summed E-state index contributed by atoms with van der Waals surface area (Å²) in [4.78, 5) is 26.4. The van der Waals surface area contributed by atoms with Crippen LogP contribution < -0.4 is 5.32 Å². The first-order chi connectivity index (χ1) is 10.0. The van der Waals surface area contributed by atoms with Gasteiger partial charge in [-0.1, -0.05) is 28.1 Å². The normalized spacial score (nSPS) is 10.3. The van der Waals surface area contributed by atoms with Crippen molar-refractivity contribution in [1.82, 2.24) is 10.3 Å². The van der Waals surface area contributed by atoms with Crippen molar-refractivity contribution < 1.29 is 14.7 Å². The number of thiazole rings is 1. The summed E-state index contributed by atoms with van der Waals surface area (Å²) in [6, 6.07) is 7.79. The van der Waals surface area contributed by atoms with Gasteiger partial charge in [-0.3, -0.25) is 9.59 Å². The summed E-state index contributed by atoms with van der Waals surface area (Å²) in [6.07, 6.45) is 0.0796. The molecule has 2 aromatic rings. The molecule has 0 atom stereocenters. The van der Waals surface area contributed by atoms with Crippen molar-refractivity contribution in [2.45, 2.75) is 12.8 Å². The zero-order valence-corrected chi connectivity index (χ0v) is 13.4. The highest BCUT2D eigenvalue weighted by Gasteiger charge is 2.09. The Morgan fingerprint density at radius 3 is 2.90 bits per heavy atom. The fourth-order valence-electron chi connectivity index (χ4n) is 1.68. The van der Waals surface area contributed by atoms with E-state index in [1.54, 1.807) is 0 Å². The van der Waals surface area contributed by atoms with Gasteiger partial charge in [0.1, 0.15) is 5.01 Å². The Balaban J connectivity index is 1.94. The van der Waals surface area contributed by atoms with Gasteiger partial charge in [0.15, 0.2) is 0 Å². The fourth-order valence-corrected chi connectivity index (χ4v) is 2.89. The van der Waals surface area contributed by atoms with Crippen molar-refractivity contribution in [3.63, 3.8) is 0 Å². The van der Waals surface area contributed by atoms with E-state index in [1.165, 1.54) is 11.3 Å². The molecule has 7 heteroatoms. The van der Waals surface area contributed by atoms with Crippen LogP contribution in [0.5, 0.6) is 0 Å². The fraction of sp³-hybridized carbons (Fsp3) is 0.214. The van der Waals surface area contributed by atoms with Crippen LogP contribution in [-0.4, -0.2) is 28.5 Å². The Morgan fingerprint density at radius 2 is 2.19 bits per heavy atom. The highest BCUT2D eigenvalue weighted by atomic mass is 79.9. The van der Waals surface area contributed by atoms with E-state index in [0.717, 1.165) is 15.0 Å². The van der Waals surface area contributed by atoms with Gasteiger partial charge in [-0.15, -0.1) is 11.3 Å². The number of hydrogen-bond donors (Lipinski definition) is 2. The number of carbonyl (C=O) groups is 2. The minimum absolute atomic E-state index is 0.0773. The smallest absolute Gasteiger partial charge is 0.305 e. The van der Waals surface area contributed by atoms with Crippen LogP contribution in [0.1, 0.15) is 12.1 Å². The van der Waals surface area contributed by atoms with Gasteiger partial charge < -0.3 is 10.4 Å². The van der Waals surface area contributed by atoms with Gasteiger partial charge in [0.25, 0.3) is 0 Å². The number of rotatable bonds is 6. The number of benzene rings is 1. The molecule has 0 aliphatic heterocycles. The van der Waals surface area contributed by atoms with Crippen LogP contribution in [0.4, 0.5) is 0 Å². The number of aromatic nitrogens is 1. The van der Waals surface area contributed by atoms with Crippen LogP contribution in [-0.2, 0) is 16.0 Å². The van der Waals surface area contributed by atoms with Crippen LogP contribution in [0.25, 0.3) is 10.6 Å². The summed E-state index contributed by atoms with van der Waals surface area (Å²) in [6.45, 7) is 0.136. The molecule has 0 radical (unpaired) electrons. The quantitative estimate of drug-likeness (QED) is 0.821. The van der Waals surface area contributed by atoms with Gasteiger partial charge in [0.05, 0.1) is 18.5 Å². The Bertz CT molecular complexity index is 657. The van der Waals surface area contributed by atoms with E-state index >= 15 is 0 Å². The number of aliphatic carboxylic acids is 1. The van der Waals surface area contributed by atoms with Crippen molar-refractivity contribution in [2.75, 3.05) is 6.54 Å². The summed E-state index contributed by atoms with van der Waals surface area (Å²) in [5.41, 5.74) is 1.68. The van der Waals surface area contributed by atoms with Crippen LogP contribution in [0.2, 0.25) is 0 Å². The van der Waals surface area contributed by atoms with Crippen molar-refractivity contribution in [2.24, 2.45) is 0 Å². The van der Waals surface area contributed by atoms with E-state index < -0.39 is 5.97 Å². The molecule has 0 aliphatic carbocycles. The van der Waals surface area contributed by atoms with Crippen LogP contribution >= 0.6 is 27.3 Å². The van der Waals surface area contributed by atoms with E-state index in [-0.39, 0.29) is 25.3 Å². The minimum Gasteiger partial charge on any atom is -0.481 e. The highest BCUT2D eigenvalue weighted by Crippen LogP contribution is 2.26. The lowest BCUT2D eigenvalue weighted by Crippen LogP contribution is -2.27. The first-order valence-corrected chi connectivity index (χ1v) is 7.90. The summed E-state index contributed by atoms with van der Waals surface area (Å²) in [7, 11) is 0. The van der Waals surface area contributed by atoms with E-state index in [2.05, 4.69) is 26.2 Å². The monoisotopic (exact) mass is 368 g/mol. The molecule has 110 valence electrons. The molecule has 0 aliphatic rings. The molecular weight excluding hydrogens is 356 g/mol. The Kier molecular flexibility index (Phi) is 5.46. The number of amides is 1. The summed E-state index contributed by atoms with van der Waals surface area (Å²) in [5, 5.41) is 13.8. The van der Waals surface area contributed by atoms with Gasteiger partial charge in [-0.25, -0.2) is 4.98 Å². The summed E-state index contributed by atoms with van der Waals surface area (Å²) < 4.78 is 0.975. The number of halogens is 1. The Hall–Kier alpha value is -1.73. The Labute approximate surface area is 134 Å². The van der Waals surface area contributed by atoms with Gasteiger partial charge in [0, 0.05) is 22.0 Å². The lowest BCUT2D eigenvalue weighted by molar-refractivity contribution is -0.136. The Morgan fingerprint density at radius 1 is 1.38 bits per heavy atom. The van der Waals surface area contributed by atoms with Gasteiger partial charge >= 0.3 is 5.97 Å². The third-order valence-electron chi connectivity index (χ3n) is 2.63. The molecular formula is C14H13BrN2O3S. The number of nitrogens with zero attached hydrogens (tertiary/aromatic N) is 1. The predicted octanol–water partition coefficient (Wildman–Crippen LogP) is 2.71. The third-order valence-corrected chi connectivity index (χ3v) is 4.06. The molecule has 0 bridgehead atoms. The molecule has 21 heavy (non-hydrogen) atoms. The zero-order chi connectivity index (χ0) is 15.2. The first kappa shape index (κ1) is 15.7. The molecule has 0 unspecified atom stereocenters. The van der Waals surface area contributed by atoms with E-state index in [9.17, 15) is 9.59 Å². The first-order valence-electron chi connectivity index (χ1n) is 6.23. The minimum atomic E-state index is -0.930. The third kappa shape index (κ3) is 4.95. The molecule has 2 N–H and O–H groups in total. The number of carboxylic acid groups (broad SMARTS) is 1. The van der Waals surface area contributed by atoms with Crippen LogP contribution in [0.15, 0.2) is 34.1 Å². The lowest BCUT2D eigenvalue weighted by atomic mass is 10.2. The second-order valence-corrected chi connectivity index (χ2v) is 6.10. The molecule has 0 fully saturated rings. The van der Waals surface area contributed by atoms with E-state index in [1.807, 2.05) is 29.6 Å². The zero-order valence-electron chi connectivity index (χ0n) is 11.0. The SMILES string of the molecule is O=C(O)CCNC(=O)Cc1csc(-c2cccc(Br)c2)n1. The molecule has 5 nitrogen and oxygen atoms in total. The number of carboxylic acids is 1. The second-order valence-electron chi connectivity index (χ2n) is 4.32. The molecule has 1 heterocycles. The molecule has 1 aromatic heterocycles. The highest BCUT2D eigenvalue weighted by molar-refractivity contribution is 9.10. The van der Waals surface area contributed by atoms with E-state index in [0.29, 0.717) is 5.69 Å². The number of hydrogen-bond acceptors (Lipinski definition) is 4. The maximum atomic E-state index is 11.6. The van der Waals surface area contributed by atoms with Crippen molar-refractivity contribution in [1.29, 1.82) is 0 Å². The standard InChI is InChI=1S/C14H13BrN2O3S/c15-10-3-1-2-9(6-10)14-17-11(8-21-14)7-12(18)16-5-4-13(19)20/h1-3,6,8H,4-5,7H2,(H,16,18)(H,19,20). The van der Waals surface area contributed by atoms with Gasteiger partial charge in [-0.05, 0) is 12.1 Å². The predicted molar refractivity (Wildman–Crippen MR) is 84.2 cm³/mol. The van der Waals surface area contributed by atoms with Crippen molar-refractivity contribution in [3.05, 3.63) is 39.8 Å². The van der Waals surface area contributed by atoms with Crippen LogP contribution in [0.3, 0.4) is 0 Å². The topological polar surface area (TPSA) is 79.3 Å². The van der Waals surface area contributed by atoms with E-state index in [4.69, 9.17) is 5.11 Å². The lowest BCUT2D eigenvalue weighted by Gasteiger charge is -2.01. The largest absolute Gasteiger partial charge is 0.481 e. The summed E-state index contributed by atoms with van der Waals surface area (Å²) >= 11 is 4.89. The second kappa shape index (κ2) is 7.33. The maximum absolute atomic E-state index is 11.6. The molecule has 0 saturated heterocycles.